The van der Waals surface area contributed by atoms with E-state index in [2.05, 4.69) is 5.32 Å². The maximum atomic E-state index is 11.7. The Balaban J connectivity index is 2.69. The van der Waals surface area contributed by atoms with Crippen LogP contribution in [0.1, 0.15) is 12.5 Å². The maximum Gasteiger partial charge on any atom is 0.328 e. The van der Waals surface area contributed by atoms with E-state index in [1.165, 1.54) is 7.11 Å². The second-order valence-corrected chi connectivity index (χ2v) is 4.55. The quantitative estimate of drug-likeness (QED) is 0.776. The zero-order chi connectivity index (χ0) is 15.0. The van der Waals surface area contributed by atoms with Gasteiger partial charge in [-0.05, 0) is 24.6 Å². The predicted molar refractivity (Wildman–Crippen MR) is 75.6 cm³/mol. The van der Waals surface area contributed by atoms with Crippen molar-refractivity contribution >= 4 is 23.5 Å². The number of rotatable bonds is 7. The van der Waals surface area contributed by atoms with Crippen LogP contribution < -0.4 is 5.32 Å². The Labute approximate surface area is 123 Å². The Hall–Kier alpha value is -1.59. The second kappa shape index (κ2) is 8.55. The van der Waals surface area contributed by atoms with Gasteiger partial charge < -0.3 is 14.8 Å². The van der Waals surface area contributed by atoms with Gasteiger partial charge in [-0.1, -0.05) is 23.7 Å². The van der Waals surface area contributed by atoms with Crippen molar-refractivity contribution < 1.29 is 19.1 Å². The molecule has 0 unspecified atom stereocenters. The summed E-state index contributed by atoms with van der Waals surface area (Å²) in [6.45, 7) is 2.14. The third-order valence-electron chi connectivity index (χ3n) is 2.59. The first kappa shape index (κ1) is 16.5. The van der Waals surface area contributed by atoms with Gasteiger partial charge in [0, 0.05) is 18.1 Å². The Morgan fingerprint density at radius 2 is 2.15 bits per heavy atom. The number of benzene rings is 1. The molecule has 0 bridgehead atoms. The second-order valence-electron chi connectivity index (χ2n) is 4.11. The molecular formula is C14H18ClNO4. The molecule has 0 aliphatic rings. The molecule has 1 aromatic carbocycles. The number of halogens is 1. The summed E-state index contributed by atoms with van der Waals surface area (Å²) < 4.78 is 9.69. The van der Waals surface area contributed by atoms with Gasteiger partial charge in [-0.25, -0.2) is 4.79 Å². The van der Waals surface area contributed by atoms with Crippen LogP contribution in [0.4, 0.5) is 0 Å². The molecule has 0 radical (unpaired) electrons. The fourth-order valence-corrected chi connectivity index (χ4v) is 1.88. The van der Waals surface area contributed by atoms with Crippen LogP contribution in [0.15, 0.2) is 24.3 Å². The molecule has 1 atom stereocenters. The number of ether oxygens (including phenoxy) is 2. The number of hydrogen-bond acceptors (Lipinski definition) is 4. The number of methoxy groups -OCH3 is 1. The summed E-state index contributed by atoms with van der Waals surface area (Å²) in [5.74, 6) is -0.862. The van der Waals surface area contributed by atoms with Crippen molar-refractivity contribution in [2.24, 2.45) is 0 Å². The molecule has 20 heavy (non-hydrogen) atoms. The molecule has 1 rings (SSSR count). The number of esters is 1. The lowest BCUT2D eigenvalue weighted by Crippen LogP contribution is -2.44. The zero-order valence-electron chi connectivity index (χ0n) is 11.5. The first-order valence-corrected chi connectivity index (χ1v) is 6.64. The highest BCUT2D eigenvalue weighted by Crippen LogP contribution is 2.12. The minimum Gasteiger partial charge on any atom is -0.467 e. The SMILES string of the molecule is CCOCC(=O)N[C@@H](Cc1cccc(Cl)c1)C(=O)OC. The van der Waals surface area contributed by atoms with E-state index in [1.807, 2.05) is 6.07 Å². The highest BCUT2D eigenvalue weighted by Gasteiger charge is 2.21. The molecular weight excluding hydrogens is 282 g/mol. The van der Waals surface area contributed by atoms with Crippen molar-refractivity contribution in [2.75, 3.05) is 20.3 Å². The van der Waals surface area contributed by atoms with Crippen LogP contribution in [-0.2, 0) is 25.5 Å². The summed E-state index contributed by atoms with van der Waals surface area (Å²) in [4.78, 5) is 23.3. The van der Waals surface area contributed by atoms with Gasteiger partial charge in [0.15, 0.2) is 0 Å². The Morgan fingerprint density at radius 3 is 2.75 bits per heavy atom. The van der Waals surface area contributed by atoms with Crippen molar-refractivity contribution in [3.8, 4) is 0 Å². The van der Waals surface area contributed by atoms with Crippen LogP contribution >= 0.6 is 11.6 Å². The smallest absolute Gasteiger partial charge is 0.328 e. The van der Waals surface area contributed by atoms with Gasteiger partial charge in [-0.2, -0.15) is 0 Å². The van der Waals surface area contributed by atoms with Gasteiger partial charge in [-0.15, -0.1) is 0 Å². The van der Waals surface area contributed by atoms with Crippen LogP contribution in [-0.4, -0.2) is 38.2 Å². The lowest BCUT2D eigenvalue weighted by atomic mass is 10.1. The largest absolute Gasteiger partial charge is 0.467 e. The topological polar surface area (TPSA) is 64.6 Å². The van der Waals surface area contributed by atoms with Crippen molar-refractivity contribution in [3.63, 3.8) is 0 Å². The van der Waals surface area contributed by atoms with E-state index in [0.717, 1.165) is 5.56 Å². The maximum absolute atomic E-state index is 11.7. The monoisotopic (exact) mass is 299 g/mol. The van der Waals surface area contributed by atoms with Crippen molar-refractivity contribution in [2.45, 2.75) is 19.4 Å². The van der Waals surface area contributed by atoms with Gasteiger partial charge in [0.05, 0.1) is 7.11 Å². The molecule has 1 amide bonds. The third kappa shape index (κ3) is 5.59. The first-order valence-electron chi connectivity index (χ1n) is 6.26. The number of hydrogen-bond donors (Lipinski definition) is 1. The van der Waals surface area contributed by atoms with Gasteiger partial charge in [-0.3, -0.25) is 4.79 Å². The zero-order valence-corrected chi connectivity index (χ0v) is 12.3. The molecule has 0 spiro atoms. The Kier molecular flexibility index (Phi) is 7.04. The molecule has 0 saturated carbocycles. The first-order chi connectivity index (χ1) is 9.56. The van der Waals surface area contributed by atoms with Gasteiger partial charge >= 0.3 is 5.97 Å². The molecule has 6 heteroatoms. The van der Waals surface area contributed by atoms with Crippen molar-refractivity contribution in [1.29, 1.82) is 0 Å². The van der Waals surface area contributed by atoms with E-state index in [-0.39, 0.29) is 12.5 Å². The van der Waals surface area contributed by atoms with E-state index in [9.17, 15) is 9.59 Å². The summed E-state index contributed by atoms with van der Waals surface area (Å²) in [7, 11) is 1.28. The average molecular weight is 300 g/mol. The average Bonchev–Trinajstić information content (AvgIpc) is 2.43. The standard InChI is InChI=1S/C14H18ClNO4/c1-3-20-9-13(17)16-12(14(18)19-2)8-10-5-4-6-11(15)7-10/h4-7,12H,3,8-9H2,1-2H3,(H,16,17)/t12-/m0/s1. The minimum absolute atomic E-state index is 0.0838. The summed E-state index contributed by atoms with van der Waals surface area (Å²) >= 11 is 5.89. The minimum atomic E-state index is -0.758. The molecule has 110 valence electrons. The van der Waals surface area contributed by atoms with E-state index in [4.69, 9.17) is 21.1 Å². The number of carbonyl (C=O) groups excluding carboxylic acids is 2. The molecule has 5 nitrogen and oxygen atoms in total. The van der Waals surface area contributed by atoms with Gasteiger partial charge in [0.1, 0.15) is 12.6 Å². The number of amides is 1. The predicted octanol–water partition coefficient (Wildman–Crippen LogP) is 1.58. The van der Waals surface area contributed by atoms with Crippen LogP contribution in [0.25, 0.3) is 0 Å². The lowest BCUT2D eigenvalue weighted by molar-refractivity contribution is -0.145. The lowest BCUT2D eigenvalue weighted by Gasteiger charge is -2.16. The van der Waals surface area contributed by atoms with Gasteiger partial charge in [0.25, 0.3) is 0 Å². The molecule has 1 N–H and O–H groups in total. The molecule has 0 aliphatic carbocycles. The van der Waals surface area contributed by atoms with E-state index in [1.54, 1.807) is 25.1 Å². The molecule has 0 saturated heterocycles. The Bertz CT molecular complexity index is 464. The summed E-state index contributed by atoms with van der Waals surface area (Å²) in [6, 6.07) is 6.34. The van der Waals surface area contributed by atoms with Gasteiger partial charge in [0.2, 0.25) is 5.91 Å². The highest BCUT2D eigenvalue weighted by atomic mass is 35.5. The van der Waals surface area contributed by atoms with Crippen LogP contribution in [0.5, 0.6) is 0 Å². The summed E-state index contributed by atoms with van der Waals surface area (Å²) in [6.07, 6.45) is 0.311. The molecule has 0 fully saturated rings. The Morgan fingerprint density at radius 1 is 1.40 bits per heavy atom. The van der Waals surface area contributed by atoms with E-state index < -0.39 is 12.0 Å². The third-order valence-corrected chi connectivity index (χ3v) is 2.82. The summed E-state index contributed by atoms with van der Waals surface area (Å²) in [5.41, 5.74) is 0.838. The van der Waals surface area contributed by atoms with Crippen LogP contribution in [0.2, 0.25) is 5.02 Å². The normalized spacial score (nSPS) is 11.8. The fourth-order valence-electron chi connectivity index (χ4n) is 1.67. The highest BCUT2D eigenvalue weighted by molar-refractivity contribution is 6.30. The number of carbonyl (C=O) groups is 2. The molecule has 0 aromatic heterocycles. The molecule has 0 heterocycles. The van der Waals surface area contributed by atoms with Crippen molar-refractivity contribution in [3.05, 3.63) is 34.9 Å². The van der Waals surface area contributed by atoms with E-state index in [0.29, 0.717) is 18.1 Å². The van der Waals surface area contributed by atoms with Crippen LogP contribution in [0.3, 0.4) is 0 Å². The summed E-state index contributed by atoms with van der Waals surface area (Å²) in [5, 5.41) is 3.16. The fraction of sp³-hybridized carbons (Fsp3) is 0.429. The molecule has 1 aromatic rings. The van der Waals surface area contributed by atoms with Crippen molar-refractivity contribution in [1.82, 2.24) is 5.32 Å². The number of nitrogens with one attached hydrogen (secondary N) is 1. The molecule has 0 aliphatic heterocycles. The van der Waals surface area contributed by atoms with Crippen LogP contribution in [0, 0.1) is 0 Å². The van der Waals surface area contributed by atoms with E-state index >= 15 is 0 Å².